The quantitative estimate of drug-likeness (QED) is 0.264. The topological polar surface area (TPSA) is 8.81 Å². The third kappa shape index (κ3) is 2.83. The molecule has 5 aromatic rings. The molecule has 1 aromatic heterocycles. The van der Waals surface area contributed by atoms with Crippen molar-refractivity contribution >= 4 is 11.0 Å². The van der Waals surface area contributed by atoms with E-state index in [1.54, 1.807) is 0 Å². The van der Waals surface area contributed by atoms with E-state index in [4.69, 9.17) is 0 Å². The summed E-state index contributed by atoms with van der Waals surface area (Å²) in [7, 11) is 2.24. The van der Waals surface area contributed by atoms with Gasteiger partial charge in [0, 0.05) is 5.56 Å². The lowest BCUT2D eigenvalue weighted by molar-refractivity contribution is -0.633. The molecule has 6 rings (SSSR count). The minimum absolute atomic E-state index is 1.01. The average molecular weight is 430 g/mol. The first-order valence-electron chi connectivity index (χ1n) is 11.7. The number of hydrogen-bond donors (Lipinski definition) is 0. The van der Waals surface area contributed by atoms with Crippen molar-refractivity contribution < 1.29 is 4.57 Å². The molecule has 33 heavy (non-hydrogen) atoms. The van der Waals surface area contributed by atoms with E-state index in [2.05, 4.69) is 117 Å². The molecular weight excluding hydrogens is 400 g/mol. The van der Waals surface area contributed by atoms with Crippen LogP contribution in [0.5, 0.6) is 0 Å². The van der Waals surface area contributed by atoms with Crippen LogP contribution in [-0.2, 0) is 13.5 Å². The number of rotatable bonds is 2. The van der Waals surface area contributed by atoms with Gasteiger partial charge >= 0.3 is 0 Å². The zero-order valence-electron chi connectivity index (χ0n) is 20.0. The van der Waals surface area contributed by atoms with Crippen LogP contribution < -0.4 is 4.57 Å². The van der Waals surface area contributed by atoms with Gasteiger partial charge in [-0.3, -0.25) is 0 Å². The highest BCUT2D eigenvalue weighted by Crippen LogP contribution is 2.42. The second-order valence-electron chi connectivity index (χ2n) is 9.58. The maximum atomic E-state index is 2.50. The van der Waals surface area contributed by atoms with Gasteiger partial charge in [0.1, 0.15) is 5.69 Å². The maximum Gasteiger partial charge on any atom is 0.295 e. The number of aryl methyl sites for hydroxylation is 5. The Kier molecular flexibility index (Phi) is 4.35. The van der Waals surface area contributed by atoms with Gasteiger partial charge in [0.2, 0.25) is 0 Å². The minimum Gasteiger partial charge on any atom is -0.225 e. The van der Waals surface area contributed by atoms with E-state index in [1.807, 2.05) is 0 Å². The van der Waals surface area contributed by atoms with Crippen molar-refractivity contribution in [3.05, 3.63) is 106 Å². The fourth-order valence-corrected chi connectivity index (χ4v) is 5.96. The Morgan fingerprint density at radius 1 is 0.697 bits per heavy atom. The van der Waals surface area contributed by atoms with Crippen LogP contribution in [0, 0.1) is 27.7 Å². The highest BCUT2D eigenvalue weighted by Gasteiger charge is 2.33. The summed E-state index contributed by atoms with van der Waals surface area (Å²) in [5.41, 5.74) is 16.0. The predicted molar refractivity (Wildman–Crippen MR) is 137 cm³/mol. The van der Waals surface area contributed by atoms with Crippen molar-refractivity contribution in [1.29, 1.82) is 0 Å². The third-order valence-electron chi connectivity index (χ3n) is 7.26. The standard InChI is InChI=1S/C31H29N2/c1-19-16-21(3)29(22(4)17-19)33-27-15-14-24-18-23-11-7-9-13-26(23)28(24)30(27)32(5)31(33)25-12-8-6-10-20(25)2/h6-17H,18H2,1-5H3/q+1. The molecule has 0 spiro atoms. The van der Waals surface area contributed by atoms with Crippen LogP contribution in [0.25, 0.3) is 39.2 Å². The Bertz CT molecular complexity index is 1560. The molecule has 0 amide bonds. The largest absolute Gasteiger partial charge is 0.295 e. The number of imidazole rings is 1. The smallest absolute Gasteiger partial charge is 0.225 e. The van der Waals surface area contributed by atoms with Crippen LogP contribution in [0.4, 0.5) is 0 Å². The molecule has 0 aliphatic heterocycles. The van der Waals surface area contributed by atoms with Gasteiger partial charge in [0.05, 0.1) is 12.6 Å². The molecular formula is C31H29N2+. The summed E-state index contributed by atoms with van der Waals surface area (Å²) < 4.78 is 4.93. The van der Waals surface area contributed by atoms with Gasteiger partial charge in [-0.15, -0.1) is 0 Å². The van der Waals surface area contributed by atoms with Crippen LogP contribution in [-0.4, -0.2) is 4.57 Å². The molecule has 0 atom stereocenters. The second-order valence-corrected chi connectivity index (χ2v) is 9.58. The van der Waals surface area contributed by atoms with Crippen molar-refractivity contribution in [2.75, 3.05) is 0 Å². The van der Waals surface area contributed by atoms with E-state index in [1.165, 1.54) is 72.6 Å². The molecule has 1 aliphatic carbocycles. The fraction of sp³-hybridized carbons (Fsp3) is 0.194. The number of aromatic nitrogens is 2. The van der Waals surface area contributed by atoms with Crippen LogP contribution in [0.2, 0.25) is 0 Å². The van der Waals surface area contributed by atoms with Crippen molar-refractivity contribution in [3.63, 3.8) is 0 Å². The summed E-state index contributed by atoms with van der Waals surface area (Å²) in [5.74, 6) is 1.23. The average Bonchev–Trinajstić information content (AvgIpc) is 3.29. The lowest BCUT2D eigenvalue weighted by atomic mass is 10.0. The summed E-state index contributed by atoms with van der Waals surface area (Å²) in [6.45, 7) is 8.88. The summed E-state index contributed by atoms with van der Waals surface area (Å²) in [6, 6.07) is 26.9. The normalized spacial score (nSPS) is 12.3. The van der Waals surface area contributed by atoms with Crippen molar-refractivity contribution in [3.8, 4) is 28.2 Å². The molecule has 0 saturated carbocycles. The Balaban J connectivity index is 1.82. The van der Waals surface area contributed by atoms with Gasteiger partial charge in [-0.25, -0.2) is 4.57 Å². The Morgan fingerprint density at radius 3 is 2.09 bits per heavy atom. The molecule has 2 heteroatoms. The molecule has 0 N–H and O–H groups in total. The highest BCUT2D eigenvalue weighted by atomic mass is 15.2. The first kappa shape index (κ1) is 20.0. The zero-order chi connectivity index (χ0) is 22.9. The van der Waals surface area contributed by atoms with Crippen molar-refractivity contribution in [1.82, 2.24) is 4.57 Å². The van der Waals surface area contributed by atoms with Crippen molar-refractivity contribution in [2.24, 2.45) is 7.05 Å². The fourth-order valence-electron chi connectivity index (χ4n) is 5.96. The molecule has 1 heterocycles. The summed E-state index contributed by atoms with van der Waals surface area (Å²) in [4.78, 5) is 0. The Labute approximate surface area is 195 Å². The van der Waals surface area contributed by atoms with Gasteiger partial charge in [0.25, 0.3) is 5.82 Å². The van der Waals surface area contributed by atoms with Crippen LogP contribution in [0.3, 0.4) is 0 Å². The molecule has 162 valence electrons. The van der Waals surface area contributed by atoms with E-state index in [0.29, 0.717) is 0 Å². The Hall–Kier alpha value is -3.65. The van der Waals surface area contributed by atoms with Gasteiger partial charge in [-0.1, -0.05) is 66.2 Å². The van der Waals surface area contributed by atoms with Gasteiger partial charge in [0.15, 0.2) is 11.0 Å². The minimum atomic E-state index is 1.01. The molecule has 0 saturated heterocycles. The van der Waals surface area contributed by atoms with Gasteiger partial charge in [-0.2, -0.15) is 4.57 Å². The molecule has 2 nitrogen and oxygen atoms in total. The SMILES string of the molecule is Cc1cc(C)c(-n2c(-c3ccccc3C)[n+](C)c3c4c(ccc32)Cc2ccccc2-4)c(C)c1. The molecule has 0 bridgehead atoms. The lowest BCUT2D eigenvalue weighted by Gasteiger charge is -2.12. The number of fused-ring (bicyclic) bond motifs is 5. The first-order valence-corrected chi connectivity index (χ1v) is 11.7. The molecule has 0 unspecified atom stereocenters. The van der Waals surface area contributed by atoms with E-state index < -0.39 is 0 Å². The summed E-state index contributed by atoms with van der Waals surface area (Å²) in [6.07, 6.45) is 1.01. The van der Waals surface area contributed by atoms with E-state index >= 15 is 0 Å². The van der Waals surface area contributed by atoms with Crippen LogP contribution >= 0.6 is 0 Å². The lowest BCUT2D eigenvalue weighted by Crippen LogP contribution is -2.31. The van der Waals surface area contributed by atoms with Gasteiger partial charge in [-0.05, 0) is 79.6 Å². The highest BCUT2D eigenvalue weighted by molar-refractivity contribution is 5.97. The van der Waals surface area contributed by atoms with E-state index in [0.717, 1.165) is 6.42 Å². The van der Waals surface area contributed by atoms with Crippen LogP contribution in [0.15, 0.2) is 72.8 Å². The first-order chi connectivity index (χ1) is 16.0. The second kappa shape index (κ2) is 7.18. The van der Waals surface area contributed by atoms with Crippen molar-refractivity contribution in [2.45, 2.75) is 34.1 Å². The van der Waals surface area contributed by atoms with E-state index in [9.17, 15) is 0 Å². The summed E-state index contributed by atoms with van der Waals surface area (Å²) >= 11 is 0. The maximum absolute atomic E-state index is 2.50. The monoisotopic (exact) mass is 429 g/mol. The Morgan fingerprint density at radius 2 is 1.36 bits per heavy atom. The molecule has 1 aliphatic rings. The number of hydrogen-bond acceptors (Lipinski definition) is 0. The third-order valence-corrected chi connectivity index (χ3v) is 7.26. The molecule has 0 fully saturated rings. The van der Waals surface area contributed by atoms with Crippen LogP contribution in [0.1, 0.15) is 33.4 Å². The number of benzene rings is 4. The number of nitrogens with zero attached hydrogens (tertiary/aromatic N) is 2. The zero-order valence-corrected chi connectivity index (χ0v) is 20.0. The van der Waals surface area contributed by atoms with E-state index in [-0.39, 0.29) is 0 Å². The predicted octanol–water partition coefficient (Wildman–Crippen LogP) is 6.93. The van der Waals surface area contributed by atoms with Gasteiger partial charge < -0.3 is 0 Å². The summed E-state index contributed by atoms with van der Waals surface area (Å²) in [5, 5.41) is 0. The molecule has 0 radical (unpaired) electrons. The molecule has 4 aromatic carbocycles.